The number of para-hydroxylation sites is 2. The number of fused-ring (bicyclic) bond motifs is 1. The second-order valence-electron chi connectivity index (χ2n) is 6.52. The van der Waals surface area contributed by atoms with E-state index in [9.17, 15) is 9.59 Å². The third-order valence-corrected chi connectivity index (χ3v) is 4.94. The molecule has 0 unspecified atom stereocenters. The fourth-order valence-electron chi connectivity index (χ4n) is 3.13. The number of carbonyl (C=O) groups excluding carboxylic acids is 2. The standard InChI is InChI=1S/C24H17ClN2O2/c25-19-11-5-4-8-17(19)14-15-22(28)24-26-20-12-6-7-13-21(20)27(24)16-23(29)18-9-2-1-3-10-18/h1-15H,16H2/b15-14+. The number of Topliss-reactive ketones (excluding diaryl/α,β-unsaturated/α-hetero) is 1. The van der Waals surface area contributed by atoms with Gasteiger partial charge in [0.25, 0.3) is 0 Å². The number of benzene rings is 3. The van der Waals surface area contributed by atoms with Crippen LogP contribution in [-0.2, 0) is 6.54 Å². The molecule has 0 amide bonds. The number of aromatic nitrogens is 2. The van der Waals surface area contributed by atoms with Crippen LogP contribution in [0.4, 0.5) is 0 Å². The summed E-state index contributed by atoms with van der Waals surface area (Å²) >= 11 is 6.16. The Kier molecular flexibility index (Phi) is 5.36. The maximum absolute atomic E-state index is 12.9. The van der Waals surface area contributed by atoms with Gasteiger partial charge in [-0.1, -0.05) is 72.3 Å². The Morgan fingerprint density at radius 1 is 0.897 bits per heavy atom. The third-order valence-electron chi connectivity index (χ3n) is 4.59. The lowest BCUT2D eigenvalue weighted by Crippen LogP contribution is -2.15. The summed E-state index contributed by atoms with van der Waals surface area (Å²) in [4.78, 5) is 30.1. The fraction of sp³-hybridized carbons (Fsp3) is 0.0417. The summed E-state index contributed by atoms with van der Waals surface area (Å²) < 4.78 is 1.67. The van der Waals surface area contributed by atoms with Crippen LogP contribution >= 0.6 is 11.6 Å². The zero-order valence-electron chi connectivity index (χ0n) is 15.5. The quantitative estimate of drug-likeness (QED) is 0.318. The van der Waals surface area contributed by atoms with Crippen LogP contribution in [-0.4, -0.2) is 21.1 Å². The number of rotatable bonds is 6. The van der Waals surface area contributed by atoms with E-state index >= 15 is 0 Å². The molecule has 1 aromatic heterocycles. The molecule has 3 aromatic carbocycles. The second kappa shape index (κ2) is 8.25. The molecule has 0 spiro atoms. The van der Waals surface area contributed by atoms with Crippen molar-refractivity contribution in [2.24, 2.45) is 0 Å². The second-order valence-corrected chi connectivity index (χ2v) is 6.93. The van der Waals surface area contributed by atoms with Crippen molar-refractivity contribution in [1.29, 1.82) is 0 Å². The first kappa shape index (κ1) is 18.8. The Morgan fingerprint density at radius 2 is 1.59 bits per heavy atom. The summed E-state index contributed by atoms with van der Waals surface area (Å²) in [6, 6.07) is 23.7. The highest BCUT2D eigenvalue weighted by Gasteiger charge is 2.18. The Balaban J connectivity index is 1.70. The van der Waals surface area contributed by atoms with Crippen LogP contribution in [0.1, 0.15) is 26.5 Å². The minimum atomic E-state index is -0.290. The van der Waals surface area contributed by atoms with Crippen molar-refractivity contribution in [3.05, 3.63) is 107 Å². The molecule has 1 heterocycles. The van der Waals surface area contributed by atoms with Gasteiger partial charge in [-0.25, -0.2) is 4.98 Å². The number of allylic oxidation sites excluding steroid dienone is 1. The molecule has 4 aromatic rings. The Bertz CT molecular complexity index is 1230. The molecule has 0 saturated carbocycles. The monoisotopic (exact) mass is 400 g/mol. The zero-order chi connectivity index (χ0) is 20.2. The Labute approximate surface area is 173 Å². The van der Waals surface area contributed by atoms with Gasteiger partial charge in [0, 0.05) is 10.6 Å². The number of imidazole rings is 1. The molecule has 0 aliphatic heterocycles. The van der Waals surface area contributed by atoms with Crippen molar-refractivity contribution in [1.82, 2.24) is 9.55 Å². The molecule has 0 aliphatic carbocycles. The lowest BCUT2D eigenvalue weighted by atomic mass is 10.1. The molecular formula is C24H17ClN2O2. The van der Waals surface area contributed by atoms with Crippen molar-refractivity contribution in [3.63, 3.8) is 0 Å². The van der Waals surface area contributed by atoms with Gasteiger partial charge < -0.3 is 4.57 Å². The first-order valence-corrected chi connectivity index (χ1v) is 9.52. The van der Waals surface area contributed by atoms with E-state index in [-0.39, 0.29) is 23.9 Å². The summed E-state index contributed by atoms with van der Waals surface area (Å²) in [7, 11) is 0. The van der Waals surface area contributed by atoms with Crippen LogP contribution in [0, 0.1) is 0 Å². The molecule has 0 radical (unpaired) electrons. The van der Waals surface area contributed by atoms with E-state index in [2.05, 4.69) is 4.98 Å². The van der Waals surface area contributed by atoms with Gasteiger partial charge >= 0.3 is 0 Å². The van der Waals surface area contributed by atoms with Gasteiger partial charge in [-0.05, 0) is 35.9 Å². The van der Waals surface area contributed by atoms with Gasteiger partial charge in [0.15, 0.2) is 11.6 Å². The van der Waals surface area contributed by atoms with Crippen LogP contribution in [0.5, 0.6) is 0 Å². The number of hydrogen-bond donors (Lipinski definition) is 0. The van der Waals surface area contributed by atoms with E-state index < -0.39 is 0 Å². The van der Waals surface area contributed by atoms with Crippen LogP contribution in [0.3, 0.4) is 0 Å². The third kappa shape index (κ3) is 4.03. The first-order chi connectivity index (χ1) is 14.1. The van der Waals surface area contributed by atoms with Crippen LogP contribution < -0.4 is 0 Å². The largest absolute Gasteiger partial charge is 0.313 e. The number of carbonyl (C=O) groups is 2. The fourth-order valence-corrected chi connectivity index (χ4v) is 3.33. The van der Waals surface area contributed by atoms with Gasteiger partial charge in [0.2, 0.25) is 5.78 Å². The molecule has 0 saturated heterocycles. The lowest BCUT2D eigenvalue weighted by molar-refractivity contribution is 0.0969. The highest BCUT2D eigenvalue weighted by molar-refractivity contribution is 6.32. The number of ketones is 2. The topological polar surface area (TPSA) is 52.0 Å². The molecule has 0 N–H and O–H groups in total. The van der Waals surface area contributed by atoms with Crippen molar-refractivity contribution < 1.29 is 9.59 Å². The van der Waals surface area contributed by atoms with Crippen LogP contribution in [0.25, 0.3) is 17.1 Å². The molecule has 0 atom stereocenters. The van der Waals surface area contributed by atoms with Gasteiger partial charge in [0.05, 0.1) is 17.6 Å². The van der Waals surface area contributed by atoms with Crippen molar-refractivity contribution >= 4 is 40.3 Å². The van der Waals surface area contributed by atoms with E-state index in [1.807, 2.05) is 60.7 Å². The summed E-state index contributed by atoms with van der Waals surface area (Å²) in [5, 5.41) is 0.560. The van der Waals surface area contributed by atoms with Gasteiger partial charge in [0.1, 0.15) is 0 Å². The Hall–Kier alpha value is -3.50. The van der Waals surface area contributed by atoms with Crippen LogP contribution in [0.2, 0.25) is 5.02 Å². The summed E-state index contributed by atoms with van der Waals surface area (Å²) in [6.45, 7) is 0.0333. The molecule has 0 bridgehead atoms. The van der Waals surface area contributed by atoms with E-state index in [0.717, 1.165) is 11.1 Å². The average Bonchev–Trinajstić information content (AvgIpc) is 3.12. The normalized spacial score (nSPS) is 11.2. The molecule has 142 valence electrons. The first-order valence-electron chi connectivity index (χ1n) is 9.14. The molecular weight excluding hydrogens is 384 g/mol. The predicted octanol–water partition coefficient (Wildman–Crippen LogP) is 5.47. The molecule has 29 heavy (non-hydrogen) atoms. The predicted molar refractivity (Wildman–Crippen MR) is 115 cm³/mol. The van der Waals surface area contributed by atoms with E-state index in [1.165, 1.54) is 6.08 Å². The lowest BCUT2D eigenvalue weighted by Gasteiger charge is -2.07. The molecule has 0 aliphatic rings. The summed E-state index contributed by atoms with van der Waals surface area (Å²) in [5.41, 5.74) is 2.75. The summed E-state index contributed by atoms with van der Waals surface area (Å²) in [6.07, 6.45) is 3.10. The smallest absolute Gasteiger partial charge is 0.221 e. The van der Waals surface area contributed by atoms with Gasteiger partial charge in [-0.3, -0.25) is 9.59 Å². The van der Waals surface area contributed by atoms with Gasteiger partial charge in [-0.2, -0.15) is 0 Å². The SMILES string of the molecule is O=C(Cn1c(C(=O)/C=C/c2ccccc2Cl)nc2ccccc21)c1ccccc1. The summed E-state index contributed by atoms with van der Waals surface area (Å²) in [5.74, 6) is -0.154. The van der Waals surface area contributed by atoms with E-state index in [0.29, 0.717) is 16.1 Å². The van der Waals surface area contributed by atoms with Crippen LogP contribution in [0.15, 0.2) is 84.9 Å². The molecule has 5 heteroatoms. The molecule has 0 fully saturated rings. The van der Waals surface area contributed by atoms with Crippen molar-refractivity contribution in [2.75, 3.05) is 0 Å². The number of nitrogens with zero attached hydrogens (tertiary/aromatic N) is 2. The average molecular weight is 401 g/mol. The van der Waals surface area contributed by atoms with Crippen molar-refractivity contribution in [2.45, 2.75) is 6.54 Å². The number of hydrogen-bond acceptors (Lipinski definition) is 3. The maximum Gasteiger partial charge on any atom is 0.221 e. The van der Waals surface area contributed by atoms with E-state index in [1.54, 1.807) is 28.8 Å². The number of halogens is 1. The highest BCUT2D eigenvalue weighted by atomic mass is 35.5. The molecule has 4 rings (SSSR count). The van der Waals surface area contributed by atoms with Gasteiger partial charge in [-0.15, -0.1) is 0 Å². The molecule has 4 nitrogen and oxygen atoms in total. The zero-order valence-corrected chi connectivity index (χ0v) is 16.2. The van der Waals surface area contributed by atoms with Crippen molar-refractivity contribution in [3.8, 4) is 0 Å². The van der Waals surface area contributed by atoms with E-state index in [4.69, 9.17) is 11.6 Å². The minimum absolute atomic E-state index is 0.0333. The minimum Gasteiger partial charge on any atom is -0.313 e. The maximum atomic E-state index is 12.9. The highest BCUT2D eigenvalue weighted by Crippen LogP contribution is 2.20. The Morgan fingerprint density at radius 3 is 2.38 bits per heavy atom.